The maximum atomic E-state index is 12.5. The van der Waals surface area contributed by atoms with Gasteiger partial charge in [0.1, 0.15) is 17.0 Å². The van der Waals surface area contributed by atoms with Crippen LogP contribution in [-0.2, 0) is 19.1 Å². The Morgan fingerprint density at radius 2 is 1.68 bits per heavy atom. The smallest absolute Gasteiger partial charge is 0.410 e. The molecule has 0 spiro atoms. The van der Waals surface area contributed by atoms with E-state index in [0.29, 0.717) is 32.4 Å². The number of likely N-dealkylation sites (tertiary alicyclic amines) is 1. The summed E-state index contributed by atoms with van der Waals surface area (Å²) in [7, 11) is 0. The van der Waals surface area contributed by atoms with Crippen molar-refractivity contribution in [2.24, 2.45) is 17.8 Å². The van der Waals surface area contributed by atoms with E-state index in [4.69, 9.17) is 9.47 Å². The van der Waals surface area contributed by atoms with Crippen LogP contribution in [0.5, 0.6) is 0 Å². The lowest BCUT2D eigenvalue weighted by Gasteiger charge is -2.47. The van der Waals surface area contributed by atoms with E-state index < -0.39 is 11.2 Å². The van der Waals surface area contributed by atoms with Gasteiger partial charge in [-0.15, -0.1) is 0 Å². The minimum atomic E-state index is -0.642. The van der Waals surface area contributed by atoms with Crippen LogP contribution in [0.1, 0.15) is 60.8 Å². The molecule has 1 aliphatic carbocycles. The maximum absolute atomic E-state index is 12.5. The molecule has 142 valence electrons. The number of ether oxygens (including phenoxy) is 2. The molecule has 1 heterocycles. The van der Waals surface area contributed by atoms with Crippen molar-refractivity contribution in [3.63, 3.8) is 0 Å². The van der Waals surface area contributed by atoms with Gasteiger partial charge in [0, 0.05) is 31.8 Å². The third kappa shape index (κ3) is 4.95. The summed E-state index contributed by atoms with van der Waals surface area (Å²) >= 11 is 0. The van der Waals surface area contributed by atoms with E-state index in [1.54, 1.807) is 4.90 Å². The zero-order valence-electron chi connectivity index (χ0n) is 16.3. The van der Waals surface area contributed by atoms with Crippen LogP contribution in [0.2, 0.25) is 0 Å². The zero-order valence-corrected chi connectivity index (χ0v) is 16.3. The van der Waals surface area contributed by atoms with Crippen molar-refractivity contribution in [1.82, 2.24) is 4.90 Å². The highest BCUT2D eigenvalue weighted by Crippen LogP contribution is 2.35. The van der Waals surface area contributed by atoms with E-state index >= 15 is 0 Å². The van der Waals surface area contributed by atoms with Crippen molar-refractivity contribution >= 4 is 17.8 Å². The lowest BCUT2D eigenvalue weighted by atomic mass is 9.79. The number of ketones is 1. The summed E-state index contributed by atoms with van der Waals surface area (Å²) in [5, 5.41) is 0. The lowest BCUT2D eigenvalue weighted by molar-refractivity contribution is -0.175. The molecule has 0 unspecified atom stereocenters. The van der Waals surface area contributed by atoms with Crippen molar-refractivity contribution in [3.8, 4) is 0 Å². The Morgan fingerprint density at radius 1 is 1.08 bits per heavy atom. The van der Waals surface area contributed by atoms with Crippen molar-refractivity contribution in [2.75, 3.05) is 13.1 Å². The molecule has 1 aliphatic heterocycles. The van der Waals surface area contributed by atoms with E-state index in [2.05, 4.69) is 0 Å². The zero-order chi connectivity index (χ0) is 19.0. The van der Waals surface area contributed by atoms with Gasteiger partial charge in [-0.1, -0.05) is 6.92 Å². The van der Waals surface area contributed by atoms with Crippen molar-refractivity contribution in [2.45, 2.75) is 72.0 Å². The summed E-state index contributed by atoms with van der Waals surface area (Å²) in [5.74, 6) is -0.0868. The quantitative estimate of drug-likeness (QED) is 0.729. The van der Waals surface area contributed by atoms with Gasteiger partial charge < -0.3 is 14.4 Å². The van der Waals surface area contributed by atoms with E-state index in [9.17, 15) is 14.4 Å². The molecule has 2 fully saturated rings. The fraction of sp³-hybridized carbons (Fsp3) is 0.842. The average molecular weight is 353 g/mol. The van der Waals surface area contributed by atoms with Gasteiger partial charge in [-0.3, -0.25) is 9.59 Å². The molecule has 25 heavy (non-hydrogen) atoms. The Morgan fingerprint density at radius 3 is 2.20 bits per heavy atom. The minimum absolute atomic E-state index is 0.0317. The molecular weight excluding hydrogens is 322 g/mol. The standard InChI is InChI=1S/C19H31NO5/c1-12-9-14(21)7-8-15(12)16(22)24-19(5,6)13-10-20(11-13)17(23)25-18(2,3)4/h12-13,15H,7-11H2,1-6H3/t12-,15+/m1/s1. The fourth-order valence-corrected chi connectivity index (χ4v) is 3.37. The second-order valence-electron chi connectivity index (χ2n) is 8.97. The van der Waals surface area contributed by atoms with Crippen LogP contribution in [0.4, 0.5) is 4.79 Å². The number of nitrogens with zero attached hydrogens (tertiary/aromatic N) is 1. The first kappa shape index (κ1) is 19.7. The molecular formula is C19H31NO5. The van der Waals surface area contributed by atoms with Crippen LogP contribution in [0.25, 0.3) is 0 Å². The predicted octanol–water partition coefficient (Wildman–Crippen LogP) is 3.18. The van der Waals surface area contributed by atoms with Crippen LogP contribution in [0.3, 0.4) is 0 Å². The number of rotatable bonds is 3. The van der Waals surface area contributed by atoms with E-state index in [0.717, 1.165) is 0 Å². The summed E-state index contributed by atoms with van der Waals surface area (Å²) < 4.78 is 11.1. The molecule has 0 aromatic rings. The van der Waals surface area contributed by atoms with Gasteiger partial charge in [-0.05, 0) is 47.0 Å². The summed E-state index contributed by atoms with van der Waals surface area (Å²) in [6.45, 7) is 12.3. The Hall–Kier alpha value is -1.59. The average Bonchev–Trinajstić information content (AvgIpc) is 2.32. The fourth-order valence-electron chi connectivity index (χ4n) is 3.37. The molecule has 6 nitrogen and oxygen atoms in total. The van der Waals surface area contributed by atoms with Gasteiger partial charge in [-0.2, -0.15) is 0 Å². The van der Waals surface area contributed by atoms with Crippen molar-refractivity contribution < 1.29 is 23.9 Å². The van der Waals surface area contributed by atoms with Gasteiger partial charge in [0.15, 0.2) is 0 Å². The summed E-state index contributed by atoms with van der Waals surface area (Å²) in [6, 6.07) is 0. The molecule has 1 saturated heterocycles. The Kier molecular flexibility index (Phi) is 5.50. The number of amides is 1. The van der Waals surface area contributed by atoms with Gasteiger partial charge >= 0.3 is 12.1 Å². The normalized spacial score (nSPS) is 25.4. The molecule has 6 heteroatoms. The van der Waals surface area contributed by atoms with Gasteiger partial charge in [0.25, 0.3) is 0 Å². The van der Waals surface area contributed by atoms with Gasteiger partial charge in [0.05, 0.1) is 5.92 Å². The highest BCUT2D eigenvalue weighted by atomic mass is 16.6. The SMILES string of the molecule is C[C@@H]1CC(=O)CC[C@@H]1C(=O)OC(C)(C)C1CN(C(=O)OC(C)(C)C)C1. The van der Waals surface area contributed by atoms with E-state index in [-0.39, 0.29) is 35.6 Å². The molecule has 0 bridgehead atoms. The van der Waals surface area contributed by atoms with Gasteiger partial charge in [0.2, 0.25) is 0 Å². The number of Topliss-reactive ketones (excluding diaryl/α,β-unsaturated/α-hetero) is 1. The third-order valence-electron chi connectivity index (χ3n) is 5.15. The molecule has 1 saturated carbocycles. The summed E-state index contributed by atoms with van der Waals surface area (Å²) in [4.78, 5) is 37.7. The Bertz CT molecular complexity index is 543. The Balaban J connectivity index is 1.85. The molecule has 2 atom stereocenters. The van der Waals surface area contributed by atoms with Crippen molar-refractivity contribution in [1.29, 1.82) is 0 Å². The van der Waals surface area contributed by atoms with Crippen LogP contribution >= 0.6 is 0 Å². The summed E-state index contributed by atoms with van der Waals surface area (Å²) in [6.07, 6.45) is 1.16. The highest BCUT2D eigenvalue weighted by Gasteiger charge is 2.46. The van der Waals surface area contributed by atoms with E-state index in [1.807, 2.05) is 41.5 Å². The number of hydrogen-bond acceptors (Lipinski definition) is 5. The number of esters is 1. The second-order valence-corrected chi connectivity index (χ2v) is 8.97. The van der Waals surface area contributed by atoms with Crippen LogP contribution in [0, 0.1) is 17.8 Å². The molecule has 0 aromatic carbocycles. The molecule has 0 aromatic heterocycles. The lowest BCUT2D eigenvalue weighted by Crippen LogP contribution is -2.59. The number of carbonyl (C=O) groups excluding carboxylic acids is 3. The monoisotopic (exact) mass is 353 g/mol. The molecule has 0 radical (unpaired) electrons. The second kappa shape index (κ2) is 6.96. The topological polar surface area (TPSA) is 72.9 Å². The first-order valence-corrected chi connectivity index (χ1v) is 9.11. The first-order valence-electron chi connectivity index (χ1n) is 9.11. The minimum Gasteiger partial charge on any atom is -0.459 e. The molecule has 2 aliphatic rings. The van der Waals surface area contributed by atoms with Crippen LogP contribution in [-0.4, -0.2) is 47.0 Å². The molecule has 2 rings (SSSR count). The Labute approximate surface area is 150 Å². The number of hydrogen-bond donors (Lipinski definition) is 0. The van der Waals surface area contributed by atoms with Crippen molar-refractivity contribution in [3.05, 3.63) is 0 Å². The summed E-state index contributed by atoms with van der Waals surface area (Å²) in [5.41, 5.74) is -1.16. The molecule has 0 N–H and O–H groups in total. The van der Waals surface area contributed by atoms with Crippen LogP contribution < -0.4 is 0 Å². The first-order chi connectivity index (χ1) is 11.4. The van der Waals surface area contributed by atoms with Crippen LogP contribution in [0.15, 0.2) is 0 Å². The van der Waals surface area contributed by atoms with Gasteiger partial charge in [-0.25, -0.2) is 4.79 Å². The predicted molar refractivity (Wildman–Crippen MR) is 93.0 cm³/mol. The van der Waals surface area contributed by atoms with E-state index in [1.165, 1.54) is 0 Å². The maximum Gasteiger partial charge on any atom is 0.410 e. The molecule has 1 amide bonds. The largest absolute Gasteiger partial charge is 0.459 e. The highest BCUT2D eigenvalue weighted by molar-refractivity contribution is 5.83. The number of carbonyl (C=O) groups is 3. The third-order valence-corrected chi connectivity index (χ3v) is 5.15.